The van der Waals surface area contributed by atoms with Crippen molar-refractivity contribution in [2.45, 2.75) is 45.1 Å². The van der Waals surface area contributed by atoms with Gasteiger partial charge in [-0.25, -0.2) is 0 Å². The lowest BCUT2D eigenvalue weighted by Gasteiger charge is -2.24. The van der Waals surface area contributed by atoms with E-state index < -0.39 is 0 Å². The van der Waals surface area contributed by atoms with Gasteiger partial charge in [-0.3, -0.25) is 0 Å². The first-order valence-corrected chi connectivity index (χ1v) is 7.91. The van der Waals surface area contributed by atoms with Gasteiger partial charge in [0.15, 0.2) is 0 Å². The van der Waals surface area contributed by atoms with Crippen LogP contribution in [0.3, 0.4) is 0 Å². The molecule has 96 valence electrons. The van der Waals surface area contributed by atoms with Gasteiger partial charge < -0.3 is 10.6 Å². The van der Waals surface area contributed by atoms with Crippen LogP contribution in [0.5, 0.6) is 0 Å². The molecule has 2 atom stereocenters. The molecule has 1 aliphatic rings. The summed E-state index contributed by atoms with van der Waals surface area (Å²) in [5, 5.41) is 0. The van der Waals surface area contributed by atoms with Crippen molar-refractivity contribution in [3.8, 4) is 0 Å². The highest BCUT2D eigenvalue weighted by atomic mass is 32.2. The predicted octanol–water partition coefficient (Wildman–Crippen LogP) is 2.58. The Balaban J connectivity index is 2.08. The molecular weight excluding hydrogens is 216 g/mol. The monoisotopic (exact) mass is 244 g/mol. The zero-order valence-electron chi connectivity index (χ0n) is 11.0. The van der Waals surface area contributed by atoms with Crippen LogP contribution in [0.1, 0.15) is 39.0 Å². The molecule has 1 fully saturated rings. The van der Waals surface area contributed by atoms with Crippen LogP contribution in [-0.4, -0.2) is 42.6 Å². The van der Waals surface area contributed by atoms with E-state index in [9.17, 15) is 0 Å². The average molecular weight is 244 g/mol. The van der Waals surface area contributed by atoms with Crippen LogP contribution in [0.15, 0.2) is 0 Å². The minimum absolute atomic E-state index is 0.847. The van der Waals surface area contributed by atoms with E-state index in [0.29, 0.717) is 0 Å². The third-order valence-corrected chi connectivity index (χ3v) is 4.95. The van der Waals surface area contributed by atoms with Gasteiger partial charge in [0.25, 0.3) is 0 Å². The first kappa shape index (κ1) is 14.3. The van der Waals surface area contributed by atoms with Crippen molar-refractivity contribution in [3.05, 3.63) is 0 Å². The Hall–Kier alpha value is 0.270. The average Bonchev–Trinajstić information content (AvgIpc) is 2.81. The maximum atomic E-state index is 5.62. The second-order valence-electron chi connectivity index (χ2n) is 4.99. The molecule has 0 radical (unpaired) electrons. The van der Waals surface area contributed by atoms with E-state index in [0.717, 1.165) is 18.5 Å². The Morgan fingerprint density at radius 2 is 2.25 bits per heavy atom. The molecule has 2 nitrogen and oxygen atoms in total. The molecule has 2 N–H and O–H groups in total. The molecule has 16 heavy (non-hydrogen) atoms. The van der Waals surface area contributed by atoms with Crippen molar-refractivity contribution in [3.63, 3.8) is 0 Å². The summed E-state index contributed by atoms with van der Waals surface area (Å²) < 4.78 is 0. The Bertz CT molecular complexity index is 169. The zero-order chi connectivity index (χ0) is 11.8. The fourth-order valence-electron chi connectivity index (χ4n) is 2.47. The van der Waals surface area contributed by atoms with Crippen molar-refractivity contribution in [1.29, 1.82) is 0 Å². The standard InChI is InChI=1S/C13H28N2S/c1-3-12(6-8-14)5-4-9-15(2)13-7-10-16-11-13/h12-13H,3-11,14H2,1-2H3. The van der Waals surface area contributed by atoms with E-state index in [2.05, 4.69) is 30.6 Å². The number of hydrogen-bond acceptors (Lipinski definition) is 3. The third kappa shape index (κ3) is 5.07. The quantitative estimate of drug-likeness (QED) is 0.711. The third-order valence-electron chi connectivity index (χ3n) is 3.80. The van der Waals surface area contributed by atoms with Gasteiger partial charge in [0.05, 0.1) is 0 Å². The summed E-state index contributed by atoms with van der Waals surface area (Å²) >= 11 is 2.10. The molecule has 0 amide bonds. The molecular formula is C13H28N2S. The Labute approximate surface area is 105 Å². The lowest BCUT2D eigenvalue weighted by molar-refractivity contribution is 0.248. The summed E-state index contributed by atoms with van der Waals surface area (Å²) in [6.45, 7) is 4.41. The maximum Gasteiger partial charge on any atom is 0.0191 e. The van der Waals surface area contributed by atoms with Gasteiger partial charge in [-0.05, 0) is 57.5 Å². The van der Waals surface area contributed by atoms with Crippen LogP contribution in [0.25, 0.3) is 0 Å². The van der Waals surface area contributed by atoms with E-state index >= 15 is 0 Å². The van der Waals surface area contributed by atoms with Crippen molar-refractivity contribution >= 4 is 11.8 Å². The van der Waals surface area contributed by atoms with Crippen LogP contribution in [0.2, 0.25) is 0 Å². The lowest BCUT2D eigenvalue weighted by atomic mass is 9.96. The molecule has 0 aromatic heterocycles. The van der Waals surface area contributed by atoms with Gasteiger partial charge in [-0.1, -0.05) is 13.3 Å². The van der Waals surface area contributed by atoms with E-state index in [4.69, 9.17) is 5.73 Å². The Morgan fingerprint density at radius 1 is 1.44 bits per heavy atom. The summed E-state index contributed by atoms with van der Waals surface area (Å²) in [7, 11) is 2.29. The highest BCUT2D eigenvalue weighted by molar-refractivity contribution is 7.99. The van der Waals surface area contributed by atoms with Crippen molar-refractivity contribution in [1.82, 2.24) is 4.90 Å². The van der Waals surface area contributed by atoms with Crippen LogP contribution in [0, 0.1) is 5.92 Å². The smallest absolute Gasteiger partial charge is 0.0191 e. The molecule has 1 heterocycles. The highest BCUT2D eigenvalue weighted by Crippen LogP contribution is 2.22. The van der Waals surface area contributed by atoms with Crippen LogP contribution >= 0.6 is 11.8 Å². The summed E-state index contributed by atoms with van der Waals surface area (Å²) in [5.41, 5.74) is 5.62. The zero-order valence-corrected chi connectivity index (χ0v) is 11.8. The first-order valence-electron chi connectivity index (χ1n) is 6.76. The second-order valence-corrected chi connectivity index (χ2v) is 6.14. The topological polar surface area (TPSA) is 29.3 Å². The van der Waals surface area contributed by atoms with Crippen molar-refractivity contribution in [2.75, 3.05) is 31.6 Å². The molecule has 1 aliphatic heterocycles. The van der Waals surface area contributed by atoms with Gasteiger partial charge in [0, 0.05) is 11.8 Å². The molecule has 0 spiro atoms. The molecule has 2 unspecified atom stereocenters. The number of nitrogens with zero attached hydrogens (tertiary/aromatic N) is 1. The Kier molecular flexibility index (Phi) is 7.50. The molecule has 1 saturated heterocycles. The van der Waals surface area contributed by atoms with E-state index in [1.807, 2.05) is 0 Å². The minimum atomic E-state index is 0.847. The van der Waals surface area contributed by atoms with E-state index in [1.165, 1.54) is 50.2 Å². The molecule has 0 aromatic rings. The minimum Gasteiger partial charge on any atom is -0.330 e. The molecule has 0 bridgehead atoms. The SMILES string of the molecule is CCC(CCN)CCCN(C)C1CCSC1. The highest BCUT2D eigenvalue weighted by Gasteiger charge is 2.19. The van der Waals surface area contributed by atoms with Gasteiger partial charge in [0.2, 0.25) is 0 Å². The number of thioether (sulfide) groups is 1. The molecule has 0 saturated carbocycles. The fraction of sp³-hybridized carbons (Fsp3) is 1.00. The van der Waals surface area contributed by atoms with Crippen LogP contribution in [-0.2, 0) is 0 Å². The van der Waals surface area contributed by atoms with Gasteiger partial charge in [0.1, 0.15) is 0 Å². The van der Waals surface area contributed by atoms with Gasteiger partial charge in [-0.15, -0.1) is 0 Å². The summed E-state index contributed by atoms with van der Waals surface area (Å²) in [4.78, 5) is 2.56. The van der Waals surface area contributed by atoms with Crippen LogP contribution in [0.4, 0.5) is 0 Å². The van der Waals surface area contributed by atoms with Crippen molar-refractivity contribution in [2.24, 2.45) is 11.7 Å². The normalized spacial score (nSPS) is 22.9. The summed E-state index contributed by atoms with van der Waals surface area (Å²) in [5.74, 6) is 3.56. The van der Waals surface area contributed by atoms with E-state index in [-0.39, 0.29) is 0 Å². The largest absolute Gasteiger partial charge is 0.330 e. The Morgan fingerprint density at radius 3 is 2.81 bits per heavy atom. The van der Waals surface area contributed by atoms with Gasteiger partial charge in [-0.2, -0.15) is 11.8 Å². The lowest BCUT2D eigenvalue weighted by Crippen LogP contribution is -2.32. The number of nitrogens with two attached hydrogens (primary N) is 1. The molecule has 3 heteroatoms. The predicted molar refractivity (Wildman–Crippen MR) is 75.0 cm³/mol. The van der Waals surface area contributed by atoms with Gasteiger partial charge >= 0.3 is 0 Å². The number of rotatable bonds is 8. The van der Waals surface area contributed by atoms with Crippen molar-refractivity contribution < 1.29 is 0 Å². The molecule has 0 aliphatic carbocycles. The van der Waals surface area contributed by atoms with E-state index in [1.54, 1.807) is 0 Å². The maximum absolute atomic E-state index is 5.62. The molecule has 1 rings (SSSR count). The fourth-order valence-corrected chi connectivity index (χ4v) is 3.77. The summed E-state index contributed by atoms with van der Waals surface area (Å²) in [6, 6.07) is 0.847. The van der Waals surface area contributed by atoms with Crippen LogP contribution < -0.4 is 5.73 Å². The summed E-state index contributed by atoms with van der Waals surface area (Å²) in [6.07, 6.45) is 6.59. The molecule has 0 aromatic carbocycles. The number of hydrogen-bond donors (Lipinski definition) is 1. The first-order chi connectivity index (χ1) is 7.77. The second kappa shape index (κ2) is 8.37.